The second-order valence-corrected chi connectivity index (χ2v) is 9.51. The zero-order valence-corrected chi connectivity index (χ0v) is 19.7. The van der Waals surface area contributed by atoms with Crippen molar-refractivity contribution in [1.29, 1.82) is 0 Å². The van der Waals surface area contributed by atoms with Crippen LogP contribution in [0.2, 0.25) is 0 Å². The molecule has 5 rings (SSSR count). The summed E-state index contributed by atoms with van der Waals surface area (Å²) in [4.78, 5) is 25.2. The molecule has 0 saturated carbocycles. The molecule has 3 aromatic rings. The minimum Gasteiger partial charge on any atom is -0.336 e. The van der Waals surface area contributed by atoms with Crippen molar-refractivity contribution in [1.82, 2.24) is 19.9 Å². The third-order valence-corrected chi connectivity index (χ3v) is 7.13. The summed E-state index contributed by atoms with van der Waals surface area (Å²) in [6.07, 6.45) is -4.73. The molecule has 1 fully saturated rings. The van der Waals surface area contributed by atoms with E-state index in [0.29, 0.717) is 31.7 Å². The second-order valence-electron chi connectivity index (χ2n) is 8.50. The first kappa shape index (κ1) is 24.4. The van der Waals surface area contributed by atoms with Gasteiger partial charge in [-0.15, -0.1) is 11.8 Å². The number of rotatable bonds is 5. The largest absolute Gasteiger partial charge is 0.471 e. The fourth-order valence-electron chi connectivity index (χ4n) is 4.12. The Bertz CT molecular complexity index is 1270. The molecule has 2 aliphatic heterocycles. The number of carbonyl (C=O) groups is 1. The monoisotopic (exact) mass is 519 g/mol. The molecule has 36 heavy (non-hydrogen) atoms. The van der Waals surface area contributed by atoms with Crippen molar-refractivity contribution < 1.29 is 26.9 Å². The van der Waals surface area contributed by atoms with Gasteiger partial charge in [-0.1, -0.05) is 17.3 Å². The van der Waals surface area contributed by atoms with Crippen LogP contribution in [0.4, 0.5) is 17.6 Å². The van der Waals surface area contributed by atoms with Gasteiger partial charge in [-0.25, -0.2) is 4.39 Å². The number of piperazine rings is 1. The molecule has 2 aromatic carbocycles. The summed E-state index contributed by atoms with van der Waals surface area (Å²) in [6.45, 7) is 3.20. The highest BCUT2D eigenvalue weighted by molar-refractivity contribution is 8.14. The van der Waals surface area contributed by atoms with Crippen molar-refractivity contribution in [3.63, 3.8) is 0 Å². The average molecular weight is 520 g/mol. The molecule has 1 amide bonds. The third kappa shape index (κ3) is 5.44. The van der Waals surface area contributed by atoms with Crippen molar-refractivity contribution in [2.75, 3.05) is 38.5 Å². The molecule has 1 unspecified atom stereocenters. The maximum absolute atomic E-state index is 13.2. The normalized spacial score (nSPS) is 18.9. The number of halogens is 4. The van der Waals surface area contributed by atoms with Gasteiger partial charge >= 0.3 is 12.1 Å². The minimum absolute atomic E-state index is 0.130. The first-order valence-electron chi connectivity index (χ1n) is 11.3. The highest BCUT2D eigenvalue weighted by Gasteiger charge is 2.38. The van der Waals surface area contributed by atoms with Gasteiger partial charge in [0.2, 0.25) is 5.82 Å². The van der Waals surface area contributed by atoms with Gasteiger partial charge in [0.25, 0.3) is 5.91 Å². The minimum atomic E-state index is -4.73. The summed E-state index contributed by atoms with van der Waals surface area (Å²) >= 11 is 1.66. The predicted octanol–water partition coefficient (Wildman–Crippen LogP) is 4.21. The summed E-state index contributed by atoms with van der Waals surface area (Å²) in [7, 11) is 0. The molecule has 0 bridgehead atoms. The molecule has 3 heterocycles. The molecule has 12 heteroatoms. The second kappa shape index (κ2) is 10.0. The summed E-state index contributed by atoms with van der Waals surface area (Å²) in [5.41, 5.74) is 1.53. The van der Waals surface area contributed by atoms with E-state index in [0.717, 1.165) is 22.9 Å². The topological polar surface area (TPSA) is 74.8 Å². The zero-order chi connectivity index (χ0) is 25.3. The summed E-state index contributed by atoms with van der Waals surface area (Å²) in [6, 6.07) is 12.7. The number of amides is 1. The van der Waals surface area contributed by atoms with E-state index in [1.807, 2.05) is 0 Å². The van der Waals surface area contributed by atoms with Crippen LogP contribution in [0.5, 0.6) is 0 Å². The summed E-state index contributed by atoms with van der Waals surface area (Å²) in [5, 5.41) is 4.30. The van der Waals surface area contributed by atoms with Gasteiger partial charge in [0, 0.05) is 55.2 Å². The van der Waals surface area contributed by atoms with E-state index < -0.39 is 12.1 Å². The molecular weight excluding hydrogens is 498 g/mol. The number of hydrogen-bond acceptors (Lipinski definition) is 7. The molecule has 188 valence electrons. The van der Waals surface area contributed by atoms with Crippen molar-refractivity contribution in [2.24, 2.45) is 4.99 Å². The highest BCUT2D eigenvalue weighted by atomic mass is 32.2. The third-order valence-electron chi connectivity index (χ3n) is 5.97. The maximum atomic E-state index is 13.2. The van der Waals surface area contributed by atoms with E-state index in [2.05, 4.69) is 19.6 Å². The first-order valence-corrected chi connectivity index (χ1v) is 12.2. The SMILES string of the molecule is O=C(c1cccc(-c2noc(C(F)(F)F)n2)c1)N1CCN(CC2CSC(c3ccc(F)cc3)=N2)CC1. The molecule has 2 aliphatic rings. The molecule has 0 aliphatic carbocycles. The van der Waals surface area contributed by atoms with Crippen LogP contribution in [0.25, 0.3) is 11.4 Å². The number of carbonyl (C=O) groups excluding carboxylic acids is 1. The number of thioether (sulfide) groups is 1. The Hall–Kier alpha value is -3.25. The maximum Gasteiger partial charge on any atom is 0.471 e. The molecule has 7 nitrogen and oxygen atoms in total. The van der Waals surface area contributed by atoms with E-state index in [-0.39, 0.29) is 29.2 Å². The van der Waals surface area contributed by atoms with Crippen LogP contribution in [-0.4, -0.2) is 75.4 Å². The van der Waals surface area contributed by atoms with E-state index in [1.54, 1.807) is 40.9 Å². The number of alkyl halides is 3. The van der Waals surface area contributed by atoms with Crippen LogP contribution < -0.4 is 0 Å². The van der Waals surface area contributed by atoms with Crippen molar-refractivity contribution in [2.45, 2.75) is 12.2 Å². The van der Waals surface area contributed by atoms with Crippen LogP contribution >= 0.6 is 11.8 Å². The Kier molecular flexibility index (Phi) is 6.80. The van der Waals surface area contributed by atoms with Crippen LogP contribution in [0, 0.1) is 5.82 Å². The Morgan fingerprint density at radius 2 is 1.81 bits per heavy atom. The van der Waals surface area contributed by atoms with E-state index >= 15 is 0 Å². The van der Waals surface area contributed by atoms with Crippen molar-refractivity contribution in [3.8, 4) is 11.4 Å². The van der Waals surface area contributed by atoms with E-state index in [4.69, 9.17) is 4.99 Å². The van der Waals surface area contributed by atoms with E-state index in [9.17, 15) is 22.4 Å². The number of nitrogens with zero attached hydrogens (tertiary/aromatic N) is 5. The quantitative estimate of drug-likeness (QED) is 0.470. The van der Waals surface area contributed by atoms with Crippen LogP contribution in [-0.2, 0) is 6.18 Å². The van der Waals surface area contributed by atoms with Gasteiger partial charge in [-0.2, -0.15) is 18.2 Å². The molecule has 0 radical (unpaired) electrons. The lowest BCUT2D eigenvalue weighted by molar-refractivity contribution is -0.159. The molecule has 1 atom stereocenters. The Morgan fingerprint density at radius 1 is 1.06 bits per heavy atom. The molecular formula is C24H21F4N5O2S. The van der Waals surface area contributed by atoms with Gasteiger partial charge in [0.15, 0.2) is 0 Å². The number of aromatic nitrogens is 2. The fourth-order valence-corrected chi connectivity index (χ4v) is 5.18. The molecule has 0 spiro atoms. The average Bonchev–Trinajstić information content (AvgIpc) is 3.55. The van der Waals surface area contributed by atoms with Gasteiger partial charge in [0.05, 0.1) is 11.1 Å². The van der Waals surface area contributed by atoms with Gasteiger partial charge in [0.1, 0.15) is 5.82 Å². The number of hydrogen-bond donors (Lipinski definition) is 0. The molecule has 1 aromatic heterocycles. The van der Waals surface area contributed by atoms with E-state index in [1.165, 1.54) is 24.3 Å². The number of benzene rings is 2. The predicted molar refractivity (Wildman–Crippen MR) is 126 cm³/mol. The molecule has 1 saturated heterocycles. The van der Waals surface area contributed by atoms with Gasteiger partial charge < -0.3 is 9.42 Å². The van der Waals surface area contributed by atoms with Crippen LogP contribution in [0.3, 0.4) is 0 Å². The van der Waals surface area contributed by atoms with Crippen molar-refractivity contribution in [3.05, 3.63) is 71.4 Å². The van der Waals surface area contributed by atoms with Gasteiger partial charge in [-0.3, -0.25) is 14.7 Å². The van der Waals surface area contributed by atoms with Crippen LogP contribution in [0.1, 0.15) is 21.8 Å². The first-order chi connectivity index (χ1) is 17.3. The standard InChI is InChI=1S/C24H21F4N5O2S/c25-18-6-4-15(5-7-18)21-29-19(14-36-21)13-32-8-10-33(11-9-32)22(34)17-3-1-2-16(12-17)20-30-23(35-31-20)24(26,27)28/h1-7,12,19H,8-11,13-14H2. The van der Waals surface area contributed by atoms with Crippen molar-refractivity contribution >= 4 is 22.7 Å². The highest BCUT2D eigenvalue weighted by Crippen LogP contribution is 2.30. The Morgan fingerprint density at radius 3 is 2.50 bits per heavy atom. The smallest absolute Gasteiger partial charge is 0.336 e. The Balaban J connectivity index is 1.17. The fraction of sp³-hybridized carbons (Fsp3) is 0.333. The lowest BCUT2D eigenvalue weighted by atomic mass is 10.1. The lowest BCUT2D eigenvalue weighted by Crippen LogP contribution is -2.50. The lowest BCUT2D eigenvalue weighted by Gasteiger charge is -2.35. The molecule has 0 N–H and O–H groups in total. The summed E-state index contributed by atoms with van der Waals surface area (Å²) in [5.74, 6) is -1.28. The zero-order valence-electron chi connectivity index (χ0n) is 18.9. The van der Waals surface area contributed by atoms with Gasteiger partial charge in [-0.05, 0) is 36.4 Å². The summed E-state index contributed by atoms with van der Waals surface area (Å²) < 4.78 is 55.7. The van der Waals surface area contributed by atoms with Crippen LogP contribution in [0.15, 0.2) is 58.0 Å². The number of aliphatic imine (C=N–C) groups is 1. The Labute approximate surface area is 208 Å².